The van der Waals surface area contributed by atoms with Gasteiger partial charge in [-0.3, -0.25) is 4.79 Å². The number of methoxy groups -OCH3 is 1. The number of ether oxygens (including phenoxy) is 1. The molecule has 5 nitrogen and oxygen atoms in total. The van der Waals surface area contributed by atoms with E-state index in [1.807, 2.05) is 0 Å². The van der Waals surface area contributed by atoms with Crippen molar-refractivity contribution >= 4 is 11.9 Å². The number of rotatable bonds is 3. The maximum atomic E-state index is 12.2. The Morgan fingerprint density at radius 1 is 1.26 bits per heavy atom. The average Bonchev–Trinajstić information content (AvgIpc) is 2.35. The second-order valence-electron chi connectivity index (χ2n) is 3.52. The standard InChI is InChI=1S/C11H10F3NO4/c1-19-9(17)8(15-10(18)11(12,13)14)6-2-4-7(16)5-3-6/h2-5,8,16H,1H3,(H,15,18)/t8-/m0/s1. The molecule has 1 atom stereocenters. The second kappa shape index (κ2) is 5.59. The van der Waals surface area contributed by atoms with Gasteiger partial charge in [0.05, 0.1) is 7.11 Å². The van der Waals surface area contributed by atoms with E-state index in [2.05, 4.69) is 4.74 Å². The zero-order valence-electron chi connectivity index (χ0n) is 9.69. The van der Waals surface area contributed by atoms with Crippen molar-refractivity contribution in [2.45, 2.75) is 12.2 Å². The van der Waals surface area contributed by atoms with Gasteiger partial charge in [-0.2, -0.15) is 13.2 Å². The third kappa shape index (κ3) is 3.87. The molecule has 0 aliphatic carbocycles. The molecular weight excluding hydrogens is 267 g/mol. The van der Waals surface area contributed by atoms with Crippen LogP contribution in [0.15, 0.2) is 24.3 Å². The predicted octanol–water partition coefficient (Wildman–Crippen LogP) is 1.28. The number of halogens is 3. The van der Waals surface area contributed by atoms with Crippen LogP contribution in [0.5, 0.6) is 5.75 Å². The van der Waals surface area contributed by atoms with Crippen LogP contribution in [-0.2, 0) is 14.3 Å². The molecule has 104 valence electrons. The Labute approximate surface area is 106 Å². The highest BCUT2D eigenvalue weighted by molar-refractivity contribution is 5.88. The smallest absolute Gasteiger partial charge is 0.471 e. The van der Waals surface area contributed by atoms with Crippen LogP contribution in [0.3, 0.4) is 0 Å². The summed E-state index contributed by atoms with van der Waals surface area (Å²) in [6, 6.07) is 3.15. The first kappa shape index (κ1) is 14.8. The van der Waals surface area contributed by atoms with Crippen LogP contribution in [0.4, 0.5) is 13.2 Å². The topological polar surface area (TPSA) is 75.6 Å². The van der Waals surface area contributed by atoms with Gasteiger partial charge in [0.1, 0.15) is 5.75 Å². The van der Waals surface area contributed by atoms with Crippen molar-refractivity contribution in [3.63, 3.8) is 0 Å². The lowest BCUT2D eigenvalue weighted by molar-refractivity contribution is -0.175. The first-order chi connectivity index (χ1) is 8.75. The Morgan fingerprint density at radius 3 is 2.21 bits per heavy atom. The van der Waals surface area contributed by atoms with Gasteiger partial charge in [0.15, 0.2) is 6.04 Å². The van der Waals surface area contributed by atoms with Gasteiger partial charge in [0.2, 0.25) is 0 Å². The van der Waals surface area contributed by atoms with Crippen molar-refractivity contribution in [2.75, 3.05) is 7.11 Å². The highest BCUT2D eigenvalue weighted by Crippen LogP contribution is 2.21. The number of nitrogens with one attached hydrogen (secondary N) is 1. The summed E-state index contributed by atoms with van der Waals surface area (Å²) < 4.78 is 40.8. The van der Waals surface area contributed by atoms with E-state index in [4.69, 9.17) is 5.11 Å². The molecule has 1 amide bonds. The summed E-state index contributed by atoms with van der Waals surface area (Å²) in [7, 11) is 0.982. The predicted molar refractivity (Wildman–Crippen MR) is 57.1 cm³/mol. The molecule has 0 fully saturated rings. The number of phenolic OH excluding ortho intramolecular Hbond substituents is 1. The minimum Gasteiger partial charge on any atom is -0.508 e. The molecule has 0 spiro atoms. The lowest BCUT2D eigenvalue weighted by Gasteiger charge is -2.17. The fraction of sp³-hybridized carbons (Fsp3) is 0.273. The van der Waals surface area contributed by atoms with Gasteiger partial charge in [-0.15, -0.1) is 0 Å². The molecule has 0 saturated carbocycles. The van der Waals surface area contributed by atoms with E-state index in [1.54, 1.807) is 0 Å². The lowest BCUT2D eigenvalue weighted by atomic mass is 10.1. The molecule has 0 radical (unpaired) electrons. The quantitative estimate of drug-likeness (QED) is 0.816. The fourth-order valence-corrected chi connectivity index (χ4v) is 1.28. The van der Waals surface area contributed by atoms with E-state index >= 15 is 0 Å². The monoisotopic (exact) mass is 277 g/mol. The lowest BCUT2D eigenvalue weighted by Crippen LogP contribution is -2.42. The van der Waals surface area contributed by atoms with Gasteiger partial charge < -0.3 is 15.2 Å². The SMILES string of the molecule is COC(=O)[C@@H](NC(=O)C(F)(F)F)c1ccc(O)cc1. The molecule has 0 bridgehead atoms. The van der Waals surface area contributed by atoms with Crippen LogP contribution in [0, 0.1) is 0 Å². The number of carbonyl (C=O) groups is 2. The summed E-state index contributed by atoms with van der Waals surface area (Å²) in [5.41, 5.74) is 0.0576. The zero-order chi connectivity index (χ0) is 14.6. The average molecular weight is 277 g/mol. The molecule has 0 unspecified atom stereocenters. The molecule has 0 heterocycles. The third-order valence-electron chi connectivity index (χ3n) is 2.20. The number of alkyl halides is 3. The van der Waals surface area contributed by atoms with Crippen LogP contribution < -0.4 is 5.32 Å². The van der Waals surface area contributed by atoms with Gasteiger partial charge in [-0.25, -0.2) is 4.79 Å². The number of hydrogen-bond donors (Lipinski definition) is 2. The molecule has 2 N–H and O–H groups in total. The van der Waals surface area contributed by atoms with Crippen molar-refractivity contribution in [1.82, 2.24) is 5.32 Å². The highest BCUT2D eigenvalue weighted by atomic mass is 19.4. The van der Waals surface area contributed by atoms with Gasteiger partial charge in [-0.1, -0.05) is 12.1 Å². The summed E-state index contributed by atoms with van der Waals surface area (Å²) in [6.45, 7) is 0. The van der Waals surface area contributed by atoms with Crippen LogP contribution in [0.2, 0.25) is 0 Å². The summed E-state index contributed by atoms with van der Waals surface area (Å²) in [4.78, 5) is 22.2. The number of amides is 1. The maximum Gasteiger partial charge on any atom is 0.471 e. The first-order valence-corrected chi connectivity index (χ1v) is 5.00. The molecular formula is C11H10F3NO4. The number of benzene rings is 1. The molecule has 1 rings (SSSR count). The molecule has 0 aliphatic rings. The van der Waals surface area contributed by atoms with Crippen LogP contribution in [-0.4, -0.2) is 30.3 Å². The Hall–Kier alpha value is -2.25. The minimum absolute atomic E-state index is 0.0576. The van der Waals surface area contributed by atoms with Crippen LogP contribution >= 0.6 is 0 Å². The van der Waals surface area contributed by atoms with E-state index < -0.39 is 24.1 Å². The Balaban J connectivity index is 2.99. The van der Waals surface area contributed by atoms with E-state index in [1.165, 1.54) is 29.6 Å². The highest BCUT2D eigenvalue weighted by Gasteiger charge is 2.41. The Morgan fingerprint density at radius 2 is 1.79 bits per heavy atom. The Kier molecular flexibility index (Phi) is 4.36. The van der Waals surface area contributed by atoms with Crippen molar-refractivity contribution in [1.29, 1.82) is 0 Å². The van der Waals surface area contributed by atoms with Gasteiger partial charge >= 0.3 is 18.1 Å². The molecule has 8 heteroatoms. The fourth-order valence-electron chi connectivity index (χ4n) is 1.28. The molecule has 0 aromatic heterocycles. The molecule has 0 aliphatic heterocycles. The zero-order valence-corrected chi connectivity index (χ0v) is 9.69. The summed E-state index contributed by atoms with van der Waals surface area (Å²) in [6.07, 6.45) is -5.11. The number of aromatic hydroxyl groups is 1. The molecule has 1 aromatic carbocycles. The number of carbonyl (C=O) groups excluding carboxylic acids is 2. The first-order valence-electron chi connectivity index (χ1n) is 5.00. The van der Waals surface area contributed by atoms with E-state index in [-0.39, 0.29) is 11.3 Å². The van der Waals surface area contributed by atoms with E-state index in [9.17, 15) is 22.8 Å². The van der Waals surface area contributed by atoms with Crippen LogP contribution in [0.25, 0.3) is 0 Å². The van der Waals surface area contributed by atoms with Crippen molar-refractivity contribution in [2.24, 2.45) is 0 Å². The van der Waals surface area contributed by atoms with E-state index in [0.717, 1.165) is 7.11 Å². The number of hydrogen-bond acceptors (Lipinski definition) is 4. The molecule has 1 aromatic rings. The van der Waals surface area contributed by atoms with Gasteiger partial charge in [-0.05, 0) is 17.7 Å². The summed E-state index contributed by atoms with van der Waals surface area (Å²) in [5, 5.41) is 10.6. The molecule has 0 saturated heterocycles. The van der Waals surface area contributed by atoms with Crippen molar-refractivity contribution in [3.8, 4) is 5.75 Å². The van der Waals surface area contributed by atoms with Gasteiger partial charge in [0.25, 0.3) is 0 Å². The number of esters is 1. The van der Waals surface area contributed by atoms with Crippen molar-refractivity contribution in [3.05, 3.63) is 29.8 Å². The van der Waals surface area contributed by atoms with E-state index in [0.29, 0.717) is 0 Å². The Bertz CT molecular complexity index is 470. The molecule has 19 heavy (non-hydrogen) atoms. The minimum atomic E-state index is -5.11. The second-order valence-corrected chi connectivity index (χ2v) is 3.52. The van der Waals surface area contributed by atoms with Crippen molar-refractivity contribution < 1.29 is 32.6 Å². The number of phenols is 1. The third-order valence-corrected chi connectivity index (χ3v) is 2.20. The van der Waals surface area contributed by atoms with Crippen LogP contribution in [0.1, 0.15) is 11.6 Å². The largest absolute Gasteiger partial charge is 0.508 e. The maximum absolute atomic E-state index is 12.2. The normalized spacial score (nSPS) is 12.6. The summed E-state index contributed by atoms with van der Waals surface area (Å²) >= 11 is 0. The summed E-state index contributed by atoms with van der Waals surface area (Å²) in [5.74, 6) is -3.44. The van der Waals surface area contributed by atoms with Gasteiger partial charge in [0, 0.05) is 0 Å².